The number of ether oxygens (including phenoxy) is 2. The summed E-state index contributed by atoms with van der Waals surface area (Å²) in [6, 6.07) is 13.4. The van der Waals surface area contributed by atoms with E-state index in [9.17, 15) is 9.59 Å². The maximum absolute atomic E-state index is 11.6. The third-order valence-electron chi connectivity index (χ3n) is 2.96. The van der Waals surface area contributed by atoms with E-state index in [0.717, 1.165) is 10.8 Å². The van der Waals surface area contributed by atoms with E-state index in [1.807, 2.05) is 57.2 Å². The van der Waals surface area contributed by atoms with Crippen molar-refractivity contribution >= 4 is 22.6 Å². The van der Waals surface area contributed by atoms with Crippen LogP contribution in [0, 0.1) is 0 Å². The van der Waals surface area contributed by atoms with Gasteiger partial charge in [0.15, 0.2) is 13.2 Å². The number of amides is 1. The summed E-state index contributed by atoms with van der Waals surface area (Å²) in [5.41, 5.74) is -0.356. The summed E-state index contributed by atoms with van der Waals surface area (Å²) in [5.74, 6) is -0.335. The molecule has 2 rings (SSSR count). The fourth-order valence-corrected chi connectivity index (χ4v) is 2.04. The van der Waals surface area contributed by atoms with Crippen LogP contribution in [0.5, 0.6) is 5.75 Å². The van der Waals surface area contributed by atoms with Crippen molar-refractivity contribution in [2.75, 3.05) is 13.2 Å². The van der Waals surface area contributed by atoms with Crippen LogP contribution in [-0.2, 0) is 14.3 Å². The predicted molar refractivity (Wildman–Crippen MR) is 88.3 cm³/mol. The first-order valence-corrected chi connectivity index (χ1v) is 7.42. The number of carbonyl (C=O) groups excluding carboxylic acids is 2. The topological polar surface area (TPSA) is 64.6 Å². The van der Waals surface area contributed by atoms with Crippen LogP contribution in [0.3, 0.4) is 0 Å². The van der Waals surface area contributed by atoms with Gasteiger partial charge < -0.3 is 14.8 Å². The van der Waals surface area contributed by atoms with Crippen LogP contribution in [0.15, 0.2) is 42.5 Å². The van der Waals surface area contributed by atoms with Gasteiger partial charge in [-0.1, -0.05) is 30.3 Å². The lowest BCUT2D eigenvalue weighted by Gasteiger charge is -2.20. The average molecular weight is 315 g/mol. The molecule has 0 aromatic heterocycles. The zero-order valence-electron chi connectivity index (χ0n) is 13.6. The molecule has 5 nitrogen and oxygen atoms in total. The van der Waals surface area contributed by atoms with Gasteiger partial charge in [0.05, 0.1) is 0 Å². The van der Waals surface area contributed by atoms with Crippen LogP contribution in [0.2, 0.25) is 0 Å². The lowest BCUT2D eigenvalue weighted by molar-refractivity contribution is -0.150. The largest absolute Gasteiger partial charge is 0.482 e. The summed E-state index contributed by atoms with van der Waals surface area (Å²) in [7, 11) is 0. The van der Waals surface area contributed by atoms with Crippen molar-refractivity contribution in [2.24, 2.45) is 0 Å². The van der Waals surface area contributed by atoms with Crippen molar-refractivity contribution in [1.82, 2.24) is 5.32 Å². The minimum atomic E-state index is -0.581. The van der Waals surface area contributed by atoms with Crippen molar-refractivity contribution < 1.29 is 19.1 Å². The van der Waals surface area contributed by atoms with Crippen LogP contribution in [-0.4, -0.2) is 30.6 Å². The van der Waals surface area contributed by atoms with Gasteiger partial charge in [-0.2, -0.15) is 0 Å². The molecule has 1 amide bonds. The van der Waals surface area contributed by atoms with E-state index in [0.29, 0.717) is 5.75 Å². The van der Waals surface area contributed by atoms with E-state index in [1.54, 1.807) is 6.07 Å². The average Bonchev–Trinajstić information content (AvgIpc) is 2.49. The highest BCUT2D eigenvalue weighted by Gasteiger charge is 2.15. The quantitative estimate of drug-likeness (QED) is 0.862. The third-order valence-corrected chi connectivity index (χ3v) is 2.96. The Morgan fingerprint density at radius 1 is 1.00 bits per heavy atom. The Kier molecular flexibility index (Phi) is 5.21. The molecule has 23 heavy (non-hydrogen) atoms. The van der Waals surface area contributed by atoms with Gasteiger partial charge in [-0.05, 0) is 43.7 Å². The van der Waals surface area contributed by atoms with Gasteiger partial charge in [0, 0.05) is 5.54 Å². The van der Waals surface area contributed by atoms with Gasteiger partial charge in [-0.15, -0.1) is 0 Å². The Bertz CT molecular complexity index is 703. The lowest BCUT2D eigenvalue weighted by Crippen LogP contribution is -2.43. The standard InChI is InChI=1S/C18H21NO4/c1-18(2,3)19-16(20)11-23-17(21)12-22-15-9-8-13-6-4-5-7-14(13)10-15/h4-10H,11-12H2,1-3H3,(H,19,20). The van der Waals surface area contributed by atoms with Crippen molar-refractivity contribution in [2.45, 2.75) is 26.3 Å². The van der Waals surface area contributed by atoms with Crippen molar-refractivity contribution in [3.63, 3.8) is 0 Å². The number of hydrogen-bond donors (Lipinski definition) is 1. The van der Waals surface area contributed by atoms with E-state index in [-0.39, 0.29) is 24.7 Å². The summed E-state index contributed by atoms with van der Waals surface area (Å²) in [6.45, 7) is 5.03. The molecule has 0 atom stereocenters. The molecule has 0 fully saturated rings. The molecule has 0 aliphatic carbocycles. The van der Waals surface area contributed by atoms with E-state index < -0.39 is 5.97 Å². The molecule has 0 spiro atoms. The molecule has 0 radical (unpaired) electrons. The number of rotatable bonds is 5. The highest BCUT2D eigenvalue weighted by molar-refractivity contribution is 5.84. The summed E-state index contributed by atoms with van der Waals surface area (Å²) in [4.78, 5) is 23.2. The highest BCUT2D eigenvalue weighted by atomic mass is 16.6. The number of esters is 1. The number of carbonyl (C=O) groups is 2. The highest BCUT2D eigenvalue weighted by Crippen LogP contribution is 2.20. The summed E-state index contributed by atoms with van der Waals surface area (Å²) in [5, 5.41) is 4.84. The Balaban J connectivity index is 1.80. The zero-order chi connectivity index (χ0) is 16.9. The fraction of sp³-hybridized carbons (Fsp3) is 0.333. The molecule has 2 aromatic rings. The molecule has 122 valence electrons. The van der Waals surface area contributed by atoms with Crippen molar-refractivity contribution in [1.29, 1.82) is 0 Å². The number of hydrogen-bond acceptors (Lipinski definition) is 4. The van der Waals surface area contributed by atoms with Crippen LogP contribution in [0.4, 0.5) is 0 Å². The number of nitrogens with one attached hydrogen (secondary N) is 1. The molecule has 0 aliphatic rings. The minimum absolute atomic E-state index is 0.235. The van der Waals surface area contributed by atoms with E-state index >= 15 is 0 Å². The van der Waals surface area contributed by atoms with E-state index in [1.165, 1.54) is 0 Å². The van der Waals surface area contributed by atoms with Gasteiger partial charge >= 0.3 is 5.97 Å². The number of fused-ring (bicyclic) bond motifs is 1. The molecular weight excluding hydrogens is 294 g/mol. The third kappa shape index (κ3) is 5.62. The molecule has 1 N–H and O–H groups in total. The van der Waals surface area contributed by atoms with E-state index in [2.05, 4.69) is 5.32 Å². The van der Waals surface area contributed by atoms with Gasteiger partial charge in [-0.25, -0.2) is 4.79 Å². The molecule has 0 saturated heterocycles. The first kappa shape index (κ1) is 16.8. The van der Waals surface area contributed by atoms with Gasteiger partial charge in [-0.3, -0.25) is 4.79 Å². The fourth-order valence-electron chi connectivity index (χ4n) is 2.04. The molecule has 5 heteroatoms. The smallest absolute Gasteiger partial charge is 0.344 e. The predicted octanol–water partition coefficient (Wildman–Crippen LogP) is 2.68. The zero-order valence-corrected chi connectivity index (χ0v) is 13.6. The summed E-state index contributed by atoms with van der Waals surface area (Å²) < 4.78 is 10.3. The van der Waals surface area contributed by atoms with Gasteiger partial charge in [0.1, 0.15) is 5.75 Å². The second-order valence-corrected chi connectivity index (χ2v) is 6.26. The monoisotopic (exact) mass is 315 g/mol. The molecule has 0 aliphatic heterocycles. The van der Waals surface area contributed by atoms with Crippen molar-refractivity contribution in [3.05, 3.63) is 42.5 Å². The molecule has 2 aromatic carbocycles. The van der Waals surface area contributed by atoms with Crippen molar-refractivity contribution in [3.8, 4) is 5.75 Å². The van der Waals surface area contributed by atoms with Crippen LogP contribution in [0.1, 0.15) is 20.8 Å². The van der Waals surface area contributed by atoms with E-state index in [4.69, 9.17) is 9.47 Å². The molecule has 0 heterocycles. The second kappa shape index (κ2) is 7.13. The molecule has 0 saturated carbocycles. The summed E-state index contributed by atoms with van der Waals surface area (Å²) in [6.07, 6.45) is 0. The number of benzene rings is 2. The Labute approximate surface area is 135 Å². The molecular formula is C18H21NO4. The maximum Gasteiger partial charge on any atom is 0.344 e. The maximum atomic E-state index is 11.6. The first-order valence-electron chi connectivity index (χ1n) is 7.42. The molecule has 0 unspecified atom stereocenters. The first-order chi connectivity index (χ1) is 10.8. The van der Waals surface area contributed by atoms with Crippen LogP contribution in [0.25, 0.3) is 10.8 Å². The molecule has 0 bridgehead atoms. The lowest BCUT2D eigenvalue weighted by atomic mass is 10.1. The van der Waals surface area contributed by atoms with Crippen LogP contribution >= 0.6 is 0 Å². The van der Waals surface area contributed by atoms with Gasteiger partial charge in [0.25, 0.3) is 5.91 Å². The SMILES string of the molecule is CC(C)(C)NC(=O)COC(=O)COc1ccc2ccccc2c1. The minimum Gasteiger partial charge on any atom is -0.482 e. The van der Waals surface area contributed by atoms with Crippen LogP contribution < -0.4 is 10.1 Å². The summed E-state index contributed by atoms with van der Waals surface area (Å²) >= 11 is 0. The van der Waals surface area contributed by atoms with Gasteiger partial charge in [0.2, 0.25) is 0 Å². The normalized spacial score (nSPS) is 11.1. The Morgan fingerprint density at radius 2 is 1.70 bits per heavy atom. The second-order valence-electron chi connectivity index (χ2n) is 6.26. The Morgan fingerprint density at radius 3 is 2.39 bits per heavy atom. The Hall–Kier alpha value is -2.56.